The summed E-state index contributed by atoms with van der Waals surface area (Å²) >= 11 is 0. The van der Waals surface area contributed by atoms with Crippen LogP contribution in [0.4, 0.5) is 8.78 Å². The molecule has 1 aromatic carbocycles. The first-order valence-electron chi connectivity index (χ1n) is 9.23. The zero-order chi connectivity index (χ0) is 18.8. The summed E-state index contributed by atoms with van der Waals surface area (Å²) in [6, 6.07) is 6.64. The van der Waals surface area contributed by atoms with Gasteiger partial charge in [-0.1, -0.05) is 45.1 Å². The second kappa shape index (κ2) is 10.6. The highest BCUT2D eigenvalue weighted by atomic mass is 19.2. The first-order chi connectivity index (χ1) is 12.7. The molecule has 1 heterocycles. The Balaban J connectivity index is 2.06. The van der Waals surface area contributed by atoms with Crippen molar-refractivity contribution < 1.29 is 13.5 Å². The van der Waals surface area contributed by atoms with Crippen LogP contribution in [0.2, 0.25) is 0 Å². The maximum atomic E-state index is 14.2. The number of aromatic nitrogens is 1. The lowest BCUT2D eigenvalue weighted by molar-refractivity contribution is 0.286. The number of ether oxygens (including phenoxy) is 1. The van der Waals surface area contributed by atoms with Gasteiger partial charge in [0, 0.05) is 6.20 Å². The van der Waals surface area contributed by atoms with Gasteiger partial charge in [-0.2, -0.15) is 4.39 Å². The molecule has 0 aliphatic rings. The molecule has 0 amide bonds. The van der Waals surface area contributed by atoms with E-state index in [0.29, 0.717) is 12.3 Å². The largest absolute Gasteiger partial charge is 0.490 e. The topological polar surface area (TPSA) is 22.1 Å². The molecule has 0 aliphatic carbocycles. The van der Waals surface area contributed by atoms with E-state index in [-0.39, 0.29) is 11.3 Å². The van der Waals surface area contributed by atoms with Crippen molar-refractivity contribution in [1.29, 1.82) is 0 Å². The number of unbranched alkanes of at least 4 members (excludes halogenated alkanes) is 3. The minimum Gasteiger partial charge on any atom is -0.490 e. The molecular weight excluding hydrogens is 332 g/mol. The molecule has 138 valence electrons. The van der Waals surface area contributed by atoms with Crippen LogP contribution < -0.4 is 4.74 Å². The van der Waals surface area contributed by atoms with Crippen LogP contribution in [0.5, 0.6) is 5.75 Å². The van der Waals surface area contributed by atoms with Gasteiger partial charge in [-0.15, -0.1) is 0 Å². The van der Waals surface area contributed by atoms with Crippen LogP contribution in [-0.4, -0.2) is 11.6 Å². The Morgan fingerprint density at radius 2 is 1.73 bits per heavy atom. The van der Waals surface area contributed by atoms with E-state index in [1.54, 1.807) is 12.3 Å². The third-order valence-electron chi connectivity index (χ3n) is 4.02. The van der Waals surface area contributed by atoms with Crippen molar-refractivity contribution in [1.82, 2.24) is 4.98 Å². The van der Waals surface area contributed by atoms with Crippen molar-refractivity contribution in [2.45, 2.75) is 52.4 Å². The lowest BCUT2D eigenvalue weighted by Crippen LogP contribution is -2.01. The standard InChI is InChI=1S/C22H25F2NO/c1-3-5-7-15-26-20-14-11-18(21(23)22(20)24)10-13-19-12-9-17(16-25-19)8-6-4-2/h9,11-12,14,16H,3-8,15H2,1-2H3. The van der Waals surface area contributed by atoms with Gasteiger partial charge in [0.1, 0.15) is 5.69 Å². The fourth-order valence-electron chi connectivity index (χ4n) is 2.43. The van der Waals surface area contributed by atoms with Gasteiger partial charge in [-0.25, -0.2) is 9.37 Å². The molecule has 0 N–H and O–H groups in total. The quantitative estimate of drug-likeness (QED) is 0.448. The van der Waals surface area contributed by atoms with E-state index < -0.39 is 11.6 Å². The third kappa shape index (κ3) is 5.84. The number of hydrogen-bond donors (Lipinski definition) is 0. The van der Waals surface area contributed by atoms with Crippen molar-refractivity contribution in [3.63, 3.8) is 0 Å². The van der Waals surface area contributed by atoms with Crippen molar-refractivity contribution >= 4 is 0 Å². The minimum atomic E-state index is -0.990. The van der Waals surface area contributed by atoms with Crippen molar-refractivity contribution in [3.8, 4) is 17.6 Å². The van der Waals surface area contributed by atoms with Crippen molar-refractivity contribution in [2.75, 3.05) is 6.61 Å². The number of benzene rings is 1. The van der Waals surface area contributed by atoms with Crippen molar-refractivity contribution in [2.24, 2.45) is 0 Å². The number of aryl methyl sites for hydroxylation is 1. The molecule has 0 radical (unpaired) electrons. The molecule has 2 nitrogen and oxygen atoms in total. The van der Waals surface area contributed by atoms with E-state index in [2.05, 4.69) is 30.7 Å². The lowest BCUT2D eigenvalue weighted by atomic mass is 10.1. The molecule has 2 rings (SSSR count). The van der Waals surface area contributed by atoms with Gasteiger partial charge in [0.15, 0.2) is 11.6 Å². The van der Waals surface area contributed by atoms with Gasteiger partial charge in [0.2, 0.25) is 5.82 Å². The number of pyridine rings is 1. The Labute approximate surface area is 154 Å². The first-order valence-corrected chi connectivity index (χ1v) is 9.23. The summed E-state index contributed by atoms with van der Waals surface area (Å²) in [5.41, 5.74) is 1.68. The molecular formula is C22H25F2NO. The van der Waals surface area contributed by atoms with Crippen LogP contribution in [0.1, 0.15) is 62.8 Å². The summed E-state index contributed by atoms with van der Waals surface area (Å²) in [5, 5.41) is 0. The van der Waals surface area contributed by atoms with Gasteiger partial charge in [-0.3, -0.25) is 0 Å². The number of rotatable bonds is 8. The molecule has 0 aliphatic heterocycles. The van der Waals surface area contributed by atoms with Crippen LogP contribution >= 0.6 is 0 Å². The van der Waals surface area contributed by atoms with Gasteiger partial charge in [-0.05, 0) is 48.9 Å². The summed E-state index contributed by atoms with van der Waals surface area (Å²) in [5.74, 6) is 3.40. The Hall–Kier alpha value is -2.41. The minimum absolute atomic E-state index is 0.000248. The molecule has 0 saturated carbocycles. The Morgan fingerprint density at radius 1 is 0.923 bits per heavy atom. The summed E-state index contributed by atoms with van der Waals surface area (Å²) in [4.78, 5) is 4.26. The summed E-state index contributed by atoms with van der Waals surface area (Å²) in [7, 11) is 0. The Morgan fingerprint density at radius 3 is 2.42 bits per heavy atom. The van der Waals surface area contributed by atoms with Crippen LogP contribution in [0.3, 0.4) is 0 Å². The maximum Gasteiger partial charge on any atom is 0.201 e. The van der Waals surface area contributed by atoms with Gasteiger partial charge >= 0.3 is 0 Å². The molecule has 0 unspecified atom stereocenters. The lowest BCUT2D eigenvalue weighted by Gasteiger charge is -2.08. The highest BCUT2D eigenvalue weighted by Crippen LogP contribution is 2.22. The number of hydrogen-bond acceptors (Lipinski definition) is 2. The molecule has 0 bridgehead atoms. The number of nitrogens with zero attached hydrogens (tertiary/aromatic N) is 1. The average molecular weight is 357 g/mol. The molecule has 0 spiro atoms. The molecule has 0 saturated heterocycles. The summed E-state index contributed by atoms with van der Waals surface area (Å²) in [6.07, 6.45) is 7.87. The van der Waals surface area contributed by atoms with E-state index in [1.807, 2.05) is 6.07 Å². The Bertz CT molecular complexity index is 760. The van der Waals surface area contributed by atoms with Gasteiger partial charge < -0.3 is 4.74 Å². The zero-order valence-corrected chi connectivity index (χ0v) is 15.4. The Kier molecular flexibility index (Phi) is 8.08. The monoisotopic (exact) mass is 357 g/mol. The van der Waals surface area contributed by atoms with E-state index in [4.69, 9.17) is 4.74 Å². The van der Waals surface area contributed by atoms with E-state index in [1.165, 1.54) is 12.1 Å². The summed E-state index contributed by atoms with van der Waals surface area (Å²) < 4.78 is 33.6. The predicted molar refractivity (Wildman–Crippen MR) is 100 cm³/mol. The second-order valence-corrected chi connectivity index (χ2v) is 6.20. The van der Waals surface area contributed by atoms with Crippen molar-refractivity contribution in [3.05, 3.63) is 58.9 Å². The van der Waals surface area contributed by atoms with Crippen LogP contribution in [-0.2, 0) is 6.42 Å². The molecule has 26 heavy (non-hydrogen) atoms. The molecule has 1 aromatic heterocycles. The normalized spacial score (nSPS) is 10.3. The van der Waals surface area contributed by atoms with Crippen LogP contribution in [0.15, 0.2) is 30.5 Å². The first kappa shape index (κ1) is 19.9. The molecule has 0 fully saturated rings. The van der Waals surface area contributed by atoms with E-state index in [9.17, 15) is 8.78 Å². The third-order valence-corrected chi connectivity index (χ3v) is 4.02. The van der Waals surface area contributed by atoms with Crippen LogP contribution in [0, 0.1) is 23.5 Å². The zero-order valence-electron chi connectivity index (χ0n) is 15.4. The average Bonchev–Trinajstić information content (AvgIpc) is 2.67. The molecule has 4 heteroatoms. The number of halogens is 2. The van der Waals surface area contributed by atoms with Gasteiger partial charge in [0.05, 0.1) is 12.2 Å². The van der Waals surface area contributed by atoms with Gasteiger partial charge in [0.25, 0.3) is 0 Å². The smallest absolute Gasteiger partial charge is 0.201 e. The van der Waals surface area contributed by atoms with Crippen LogP contribution in [0.25, 0.3) is 0 Å². The fourth-order valence-corrected chi connectivity index (χ4v) is 2.43. The second-order valence-electron chi connectivity index (χ2n) is 6.20. The predicted octanol–water partition coefficient (Wildman–Crippen LogP) is 5.67. The SMILES string of the molecule is CCCCCOc1ccc(C#Cc2ccc(CCCC)cn2)c(F)c1F. The van der Waals surface area contributed by atoms with E-state index >= 15 is 0 Å². The highest BCUT2D eigenvalue weighted by Gasteiger charge is 2.13. The highest BCUT2D eigenvalue weighted by molar-refractivity contribution is 5.44. The fraction of sp³-hybridized carbons (Fsp3) is 0.409. The summed E-state index contributed by atoms with van der Waals surface area (Å²) in [6.45, 7) is 4.59. The van der Waals surface area contributed by atoms with E-state index in [0.717, 1.165) is 44.1 Å². The molecule has 2 aromatic rings. The maximum absolute atomic E-state index is 14.2. The molecule has 0 atom stereocenters.